The Kier molecular flexibility index (Phi) is 5.08. The van der Waals surface area contributed by atoms with Crippen LogP contribution in [-0.2, 0) is 25.9 Å². The summed E-state index contributed by atoms with van der Waals surface area (Å²) in [6, 6.07) is 13.1. The summed E-state index contributed by atoms with van der Waals surface area (Å²) in [5.41, 5.74) is 1.56. The molecule has 0 radical (unpaired) electrons. The van der Waals surface area contributed by atoms with Crippen LogP contribution in [0, 0.1) is 5.82 Å². The van der Waals surface area contributed by atoms with E-state index in [-0.39, 0.29) is 17.3 Å². The zero-order valence-electron chi connectivity index (χ0n) is 14.2. The van der Waals surface area contributed by atoms with Crippen LogP contribution in [0.2, 0.25) is 0 Å². The van der Waals surface area contributed by atoms with Gasteiger partial charge in [0.25, 0.3) is 0 Å². The minimum Gasteiger partial charge on any atom is -0.465 e. The van der Waals surface area contributed by atoms with Gasteiger partial charge in [-0.15, -0.1) is 0 Å². The molecular weight excluding hydrogens is 357 g/mol. The van der Waals surface area contributed by atoms with Crippen molar-refractivity contribution in [2.75, 3.05) is 12.4 Å². The van der Waals surface area contributed by atoms with E-state index in [9.17, 15) is 17.6 Å². The van der Waals surface area contributed by atoms with E-state index in [0.717, 1.165) is 11.1 Å². The van der Waals surface area contributed by atoms with Gasteiger partial charge in [-0.05, 0) is 30.7 Å². The fourth-order valence-electron chi connectivity index (χ4n) is 2.81. The molecule has 1 heterocycles. The van der Waals surface area contributed by atoms with Crippen LogP contribution in [0.25, 0.3) is 10.9 Å². The molecule has 0 spiro atoms. The second-order valence-electron chi connectivity index (χ2n) is 5.83. The third-order valence-electron chi connectivity index (χ3n) is 3.97. The molecule has 0 aliphatic rings. The first-order valence-corrected chi connectivity index (χ1v) is 9.76. The molecule has 0 atom stereocenters. The Morgan fingerprint density at radius 3 is 2.50 bits per heavy atom. The highest BCUT2D eigenvalue weighted by atomic mass is 32.2. The van der Waals surface area contributed by atoms with Crippen LogP contribution in [0.3, 0.4) is 0 Å². The second-order valence-corrected chi connectivity index (χ2v) is 7.79. The number of hydrogen-bond donors (Lipinski definition) is 0. The standard InChI is InChI=1S/C19H18FNO4S/c1-2-25-19(22)13-26(23,24)18-12-21(17-6-4-3-5-16(17)18)11-14-7-9-15(20)10-8-14/h3-10,12H,2,11,13H2,1H3. The Balaban J connectivity index is 2.02. The van der Waals surface area contributed by atoms with Crippen LogP contribution in [0.5, 0.6) is 0 Å². The zero-order chi connectivity index (χ0) is 18.7. The number of carbonyl (C=O) groups excluding carboxylic acids is 1. The number of benzene rings is 2. The Hall–Kier alpha value is -2.67. The summed E-state index contributed by atoms with van der Waals surface area (Å²) in [4.78, 5) is 11.7. The third kappa shape index (κ3) is 3.77. The number of carbonyl (C=O) groups is 1. The van der Waals surface area contributed by atoms with Crippen molar-refractivity contribution in [1.82, 2.24) is 4.57 Å². The predicted molar refractivity (Wildman–Crippen MR) is 96.1 cm³/mol. The summed E-state index contributed by atoms with van der Waals surface area (Å²) in [5, 5.41) is 0.541. The van der Waals surface area contributed by atoms with E-state index in [1.165, 1.54) is 18.3 Å². The van der Waals surface area contributed by atoms with Gasteiger partial charge in [0.1, 0.15) is 5.82 Å². The number of hydrogen-bond acceptors (Lipinski definition) is 4. The lowest BCUT2D eigenvalue weighted by atomic mass is 10.2. The van der Waals surface area contributed by atoms with Gasteiger partial charge >= 0.3 is 5.97 Å². The molecule has 0 amide bonds. The SMILES string of the molecule is CCOC(=O)CS(=O)(=O)c1cn(Cc2ccc(F)cc2)c2ccccc12. The fourth-order valence-corrected chi connectivity index (χ4v) is 4.16. The summed E-state index contributed by atoms with van der Waals surface area (Å²) >= 11 is 0. The molecule has 1 aromatic heterocycles. The lowest BCUT2D eigenvalue weighted by Gasteiger charge is -2.05. The second kappa shape index (κ2) is 7.29. The quantitative estimate of drug-likeness (QED) is 0.621. The van der Waals surface area contributed by atoms with Crippen LogP contribution >= 0.6 is 0 Å². The van der Waals surface area contributed by atoms with E-state index in [1.807, 2.05) is 12.1 Å². The first-order chi connectivity index (χ1) is 12.4. The highest BCUT2D eigenvalue weighted by Gasteiger charge is 2.25. The molecule has 7 heteroatoms. The fraction of sp³-hybridized carbons (Fsp3) is 0.211. The average molecular weight is 375 g/mol. The minimum atomic E-state index is -3.84. The normalized spacial score (nSPS) is 11.6. The molecular formula is C19H18FNO4S. The monoisotopic (exact) mass is 375 g/mol. The van der Waals surface area contributed by atoms with Crippen molar-refractivity contribution in [2.45, 2.75) is 18.4 Å². The molecule has 0 aliphatic heterocycles. The number of rotatable bonds is 6. The Morgan fingerprint density at radius 1 is 1.12 bits per heavy atom. The molecule has 0 fully saturated rings. The largest absolute Gasteiger partial charge is 0.465 e. The van der Waals surface area contributed by atoms with Gasteiger partial charge in [0.2, 0.25) is 0 Å². The number of aromatic nitrogens is 1. The summed E-state index contributed by atoms with van der Waals surface area (Å²) in [5.74, 6) is -1.81. The zero-order valence-corrected chi connectivity index (χ0v) is 15.0. The van der Waals surface area contributed by atoms with E-state index in [1.54, 1.807) is 35.8 Å². The Bertz CT molecular complexity index is 1040. The number of fused-ring (bicyclic) bond motifs is 1. The molecule has 0 unspecified atom stereocenters. The van der Waals surface area contributed by atoms with Gasteiger partial charge in [-0.25, -0.2) is 12.8 Å². The van der Waals surface area contributed by atoms with Crippen LogP contribution in [-0.4, -0.2) is 31.3 Å². The molecule has 2 aromatic carbocycles. The summed E-state index contributed by atoms with van der Waals surface area (Å²) in [6.07, 6.45) is 1.52. The molecule has 3 aromatic rings. The van der Waals surface area contributed by atoms with Crippen molar-refractivity contribution in [2.24, 2.45) is 0 Å². The molecule has 26 heavy (non-hydrogen) atoms. The first-order valence-electron chi connectivity index (χ1n) is 8.11. The highest BCUT2D eigenvalue weighted by molar-refractivity contribution is 7.92. The van der Waals surface area contributed by atoms with Gasteiger partial charge in [0.15, 0.2) is 15.6 Å². The number of nitrogens with zero attached hydrogens (tertiary/aromatic N) is 1. The van der Waals surface area contributed by atoms with Crippen LogP contribution in [0.4, 0.5) is 4.39 Å². The Morgan fingerprint density at radius 2 is 1.81 bits per heavy atom. The van der Waals surface area contributed by atoms with E-state index in [2.05, 4.69) is 0 Å². The molecule has 0 N–H and O–H groups in total. The van der Waals surface area contributed by atoms with Gasteiger partial charge in [0.05, 0.1) is 11.5 Å². The molecule has 5 nitrogen and oxygen atoms in total. The van der Waals surface area contributed by atoms with Crippen molar-refractivity contribution in [1.29, 1.82) is 0 Å². The topological polar surface area (TPSA) is 65.4 Å². The smallest absolute Gasteiger partial charge is 0.321 e. The van der Waals surface area contributed by atoms with E-state index >= 15 is 0 Å². The van der Waals surface area contributed by atoms with Crippen LogP contribution < -0.4 is 0 Å². The molecule has 0 aliphatic carbocycles. The van der Waals surface area contributed by atoms with Gasteiger partial charge in [-0.2, -0.15) is 0 Å². The molecule has 136 valence electrons. The Labute approximate surface area is 150 Å². The number of halogens is 1. The van der Waals surface area contributed by atoms with Gasteiger partial charge in [-0.3, -0.25) is 4.79 Å². The number of sulfone groups is 1. The highest BCUT2D eigenvalue weighted by Crippen LogP contribution is 2.27. The number of esters is 1. The van der Waals surface area contributed by atoms with Crippen molar-refractivity contribution < 1.29 is 22.3 Å². The number of ether oxygens (including phenoxy) is 1. The molecule has 0 saturated carbocycles. The number of para-hydroxylation sites is 1. The minimum absolute atomic E-state index is 0.0864. The molecule has 0 saturated heterocycles. The maximum atomic E-state index is 13.1. The van der Waals surface area contributed by atoms with Crippen molar-refractivity contribution in [3.63, 3.8) is 0 Å². The van der Waals surface area contributed by atoms with Gasteiger partial charge < -0.3 is 9.30 Å². The summed E-state index contributed by atoms with van der Waals surface area (Å²) < 4.78 is 45.0. The predicted octanol–water partition coefficient (Wildman–Crippen LogP) is 3.17. The molecule has 3 rings (SSSR count). The van der Waals surface area contributed by atoms with E-state index in [4.69, 9.17) is 4.74 Å². The van der Waals surface area contributed by atoms with Crippen molar-refractivity contribution in [3.8, 4) is 0 Å². The van der Waals surface area contributed by atoms with Crippen molar-refractivity contribution >= 4 is 26.7 Å². The summed E-state index contributed by atoms with van der Waals surface area (Å²) in [7, 11) is -3.84. The lowest BCUT2D eigenvalue weighted by Crippen LogP contribution is -2.18. The lowest BCUT2D eigenvalue weighted by molar-refractivity contribution is -0.139. The van der Waals surface area contributed by atoms with E-state index < -0.39 is 21.6 Å². The first kappa shape index (κ1) is 18.1. The van der Waals surface area contributed by atoms with E-state index in [0.29, 0.717) is 11.9 Å². The third-order valence-corrected chi connectivity index (χ3v) is 5.58. The maximum Gasteiger partial charge on any atom is 0.321 e. The average Bonchev–Trinajstić information content (AvgIpc) is 2.96. The molecule has 0 bridgehead atoms. The van der Waals surface area contributed by atoms with Crippen LogP contribution in [0.1, 0.15) is 12.5 Å². The summed E-state index contributed by atoms with van der Waals surface area (Å²) in [6.45, 7) is 2.13. The van der Waals surface area contributed by atoms with Crippen molar-refractivity contribution in [3.05, 3.63) is 66.1 Å². The maximum absolute atomic E-state index is 13.1. The van der Waals surface area contributed by atoms with Gasteiger partial charge in [-0.1, -0.05) is 30.3 Å². The van der Waals surface area contributed by atoms with Gasteiger partial charge in [0, 0.05) is 23.6 Å². The van der Waals surface area contributed by atoms with Crippen LogP contribution in [0.15, 0.2) is 59.6 Å².